The number of hydrogen-bond donors (Lipinski definition) is 1. The summed E-state index contributed by atoms with van der Waals surface area (Å²) in [5.74, 6) is 0.923. The number of rotatable bonds is 3. The Morgan fingerprint density at radius 1 is 1.40 bits per heavy atom. The lowest BCUT2D eigenvalue weighted by atomic mass is 10.1. The highest BCUT2D eigenvalue weighted by Crippen LogP contribution is 2.24. The molecule has 1 aliphatic carbocycles. The molecule has 0 aromatic carbocycles. The van der Waals surface area contributed by atoms with E-state index in [2.05, 4.69) is 19.2 Å². The second-order valence-electron chi connectivity index (χ2n) is 3.47. The summed E-state index contributed by atoms with van der Waals surface area (Å²) in [5, 5.41) is 3.58. The second kappa shape index (κ2) is 3.97. The third kappa shape index (κ3) is 1.98. The van der Waals surface area contributed by atoms with E-state index in [1.807, 2.05) is 0 Å². The fourth-order valence-electron chi connectivity index (χ4n) is 1.78. The Kier molecular flexibility index (Phi) is 3.20. The van der Waals surface area contributed by atoms with Gasteiger partial charge in [-0.25, -0.2) is 0 Å². The molecule has 1 heteroatoms. The Hall–Kier alpha value is -0.0400. The van der Waals surface area contributed by atoms with Gasteiger partial charge in [-0.15, -0.1) is 0 Å². The molecule has 0 aromatic rings. The van der Waals surface area contributed by atoms with Crippen molar-refractivity contribution in [3.8, 4) is 0 Å². The van der Waals surface area contributed by atoms with E-state index in [0.717, 1.165) is 12.0 Å². The van der Waals surface area contributed by atoms with Gasteiger partial charge < -0.3 is 5.32 Å². The van der Waals surface area contributed by atoms with Crippen molar-refractivity contribution in [3.63, 3.8) is 0 Å². The van der Waals surface area contributed by atoms with Crippen molar-refractivity contribution in [2.45, 2.75) is 45.6 Å². The molecule has 1 saturated carbocycles. The van der Waals surface area contributed by atoms with Crippen LogP contribution in [0.2, 0.25) is 0 Å². The first-order valence-electron chi connectivity index (χ1n) is 4.58. The fourth-order valence-corrected chi connectivity index (χ4v) is 1.78. The van der Waals surface area contributed by atoms with Crippen LogP contribution < -0.4 is 5.32 Å². The van der Waals surface area contributed by atoms with Crippen molar-refractivity contribution in [2.75, 3.05) is 6.54 Å². The van der Waals surface area contributed by atoms with Crippen molar-refractivity contribution in [3.05, 3.63) is 0 Å². The van der Waals surface area contributed by atoms with Gasteiger partial charge in [0.15, 0.2) is 0 Å². The van der Waals surface area contributed by atoms with Crippen LogP contribution >= 0.6 is 0 Å². The van der Waals surface area contributed by atoms with E-state index in [1.54, 1.807) is 0 Å². The Labute approximate surface area is 64.2 Å². The van der Waals surface area contributed by atoms with Gasteiger partial charge >= 0.3 is 0 Å². The van der Waals surface area contributed by atoms with Crippen molar-refractivity contribution >= 4 is 0 Å². The molecule has 0 aliphatic heterocycles. The summed E-state index contributed by atoms with van der Waals surface area (Å²) in [7, 11) is 0. The average Bonchev–Trinajstić information content (AvgIpc) is 2.31. The molecule has 0 saturated heterocycles. The molecular formula is C9H19N. The molecule has 1 fully saturated rings. The van der Waals surface area contributed by atoms with E-state index < -0.39 is 0 Å². The van der Waals surface area contributed by atoms with Gasteiger partial charge in [-0.1, -0.05) is 20.3 Å². The van der Waals surface area contributed by atoms with E-state index >= 15 is 0 Å². The Morgan fingerprint density at radius 2 is 2.20 bits per heavy atom. The normalized spacial score (nSPS) is 33.0. The highest BCUT2D eigenvalue weighted by atomic mass is 14.9. The predicted molar refractivity (Wildman–Crippen MR) is 45.1 cm³/mol. The molecular weight excluding hydrogens is 122 g/mol. The highest BCUT2D eigenvalue weighted by Gasteiger charge is 2.21. The molecule has 0 spiro atoms. The zero-order valence-electron chi connectivity index (χ0n) is 7.19. The largest absolute Gasteiger partial charge is 0.314 e. The van der Waals surface area contributed by atoms with Crippen molar-refractivity contribution < 1.29 is 0 Å². The molecule has 0 amide bonds. The minimum Gasteiger partial charge on any atom is -0.314 e. The van der Waals surface area contributed by atoms with Crippen LogP contribution in [0.25, 0.3) is 0 Å². The van der Waals surface area contributed by atoms with Crippen LogP contribution in [0.1, 0.15) is 39.5 Å². The van der Waals surface area contributed by atoms with Gasteiger partial charge in [-0.05, 0) is 31.7 Å². The highest BCUT2D eigenvalue weighted by molar-refractivity contribution is 4.79. The molecule has 2 atom stereocenters. The quantitative estimate of drug-likeness (QED) is 0.635. The molecule has 10 heavy (non-hydrogen) atoms. The number of nitrogens with one attached hydrogen (secondary N) is 1. The maximum absolute atomic E-state index is 3.58. The molecule has 1 N–H and O–H groups in total. The second-order valence-corrected chi connectivity index (χ2v) is 3.47. The van der Waals surface area contributed by atoms with Crippen molar-refractivity contribution in [2.24, 2.45) is 5.92 Å². The van der Waals surface area contributed by atoms with Crippen LogP contribution in [-0.2, 0) is 0 Å². The summed E-state index contributed by atoms with van der Waals surface area (Å²) in [5.41, 5.74) is 0. The maximum Gasteiger partial charge on any atom is 0.00926 e. The summed E-state index contributed by atoms with van der Waals surface area (Å²) in [4.78, 5) is 0. The summed E-state index contributed by atoms with van der Waals surface area (Å²) >= 11 is 0. The first-order chi connectivity index (χ1) is 4.84. The molecule has 1 rings (SSSR count). The summed E-state index contributed by atoms with van der Waals surface area (Å²) in [6.07, 6.45) is 5.54. The van der Waals surface area contributed by atoms with E-state index in [4.69, 9.17) is 0 Å². The Morgan fingerprint density at radius 3 is 2.70 bits per heavy atom. The summed E-state index contributed by atoms with van der Waals surface area (Å²) in [6.45, 7) is 5.79. The van der Waals surface area contributed by atoms with Crippen LogP contribution in [0.5, 0.6) is 0 Å². The molecule has 0 bridgehead atoms. The van der Waals surface area contributed by atoms with Gasteiger partial charge in [-0.2, -0.15) is 0 Å². The van der Waals surface area contributed by atoms with Gasteiger partial charge in [0.05, 0.1) is 0 Å². The third-order valence-corrected chi connectivity index (χ3v) is 2.52. The van der Waals surface area contributed by atoms with Gasteiger partial charge in [-0.3, -0.25) is 0 Å². The van der Waals surface area contributed by atoms with Crippen LogP contribution in [0.15, 0.2) is 0 Å². The standard InChI is InChI=1S/C9H19N/c1-3-7-10-9-6-4-5-8(9)2/h8-10H,3-7H2,1-2H3/t8-,9+/m0/s1. The molecule has 0 aromatic heterocycles. The van der Waals surface area contributed by atoms with Crippen LogP contribution in [0.3, 0.4) is 0 Å². The van der Waals surface area contributed by atoms with E-state index in [-0.39, 0.29) is 0 Å². The first-order valence-corrected chi connectivity index (χ1v) is 4.58. The van der Waals surface area contributed by atoms with Gasteiger partial charge in [0, 0.05) is 6.04 Å². The molecule has 60 valence electrons. The van der Waals surface area contributed by atoms with Crippen molar-refractivity contribution in [1.29, 1.82) is 0 Å². The topological polar surface area (TPSA) is 12.0 Å². The third-order valence-electron chi connectivity index (χ3n) is 2.52. The minimum atomic E-state index is 0.833. The van der Waals surface area contributed by atoms with Crippen LogP contribution in [0, 0.1) is 5.92 Å². The van der Waals surface area contributed by atoms with Crippen LogP contribution in [0.4, 0.5) is 0 Å². The zero-order valence-corrected chi connectivity index (χ0v) is 7.19. The Balaban J connectivity index is 2.14. The summed E-state index contributed by atoms with van der Waals surface area (Å²) < 4.78 is 0. The molecule has 1 nitrogen and oxygen atoms in total. The molecule has 1 aliphatic rings. The maximum atomic E-state index is 3.58. The summed E-state index contributed by atoms with van der Waals surface area (Å²) in [6, 6.07) is 0.833. The smallest absolute Gasteiger partial charge is 0.00926 e. The van der Waals surface area contributed by atoms with Gasteiger partial charge in [0.2, 0.25) is 0 Å². The SMILES string of the molecule is CCCN[C@@H]1CCC[C@@H]1C. The van der Waals surface area contributed by atoms with Gasteiger partial charge in [0.1, 0.15) is 0 Å². The fraction of sp³-hybridized carbons (Fsp3) is 1.00. The molecule has 0 radical (unpaired) electrons. The first kappa shape index (κ1) is 8.06. The zero-order chi connectivity index (χ0) is 7.40. The Bertz CT molecular complexity index is 90.7. The molecule has 0 unspecified atom stereocenters. The van der Waals surface area contributed by atoms with Crippen molar-refractivity contribution in [1.82, 2.24) is 5.32 Å². The predicted octanol–water partition coefficient (Wildman–Crippen LogP) is 2.17. The minimum absolute atomic E-state index is 0.833. The van der Waals surface area contributed by atoms with E-state index in [0.29, 0.717) is 0 Å². The lowest BCUT2D eigenvalue weighted by molar-refractivity contribution is 0.428. The average molecular weight is 141 g/mol. The lowest BCUT2D eigenvalue weighted by Gasteiger charge is -2.16. The van der Waals surface area contributed by atoms with Crippen LogP contribution in [-0.4, -0.2) is 12.6 Å². The van der Waals surface area contributed by atoms with E-state index in [1.165, 1.54) is 32.2 Å². The molecule has 0 heterocycles. The van der Waals surface area contributed by atoms with Gasteiger partial charge in [0.25, 0.3) is 0 Å². The monoisotopic (exact) mass is 141 g/mol. The number of hydrogen-bond acceptors (Lipinski definition) is 1. The van der Waals surface area contributed by atoms with E-state index in [9.17, 15) is 0 Å². The lowest BCUT2D eigenvalue weighted by Crippen LogP contribution is -2.31.